The van der Waals surface area contributed by atoms with Crippen LogP contribution in [0.3, 0.4) is 0 Å². The van der Waals surface area contributed by atoms with Gasteiger partial charge in [-0.3, -0.25) is 4.79 Å². The summed E-state index contributed by atoms with van der Waals surface area (Å²) < 4.78 is 5.24. The molecule has 0 fully saturated rings. The van der Waals surface area contributed by atoms with Crippen molar-refractivity contribution < 1.29 is 9.53 Å². The fraction of sp³-hybridized carbons (Fsp3) is 0.105. The second-order valence-electron chi connectivity index (χ2n) is 5.30. The molecule has 1 amide bonds. The molecule has 0 unspecified atom stereocenters. The third-order valence-corrected chi connectivity index (χ3v) is 4.11. The highest BCUT2D eigenvalue weighted by Gasteiger charge is 2.04. The van der Waals surface area contributed by atoms with Crippen LogP contribution in [-0.2, 0) is 11.3 Å². The van der Waals surface area contributed by atoms with Gasteiger partial charge in [-0.15, -0.1) is 0 Å². The summed E-state index contributed by atoms with van der Waals surface area (Å²) >= 11 is 6.07. The molecule has 122 valence electrons. The first-order valence-corrected chi connectivity index (χ1v) is 7.89. The van der Waals surface area contributed by atoms with E-state index in [0.29, 0.717) is 11.6 Å². The van der Waals surface area contributed by atoms with Gasteiger partial charge in [0, 0.05) is 40.3 Å². The van der Waals surface area contributed by atoms with Gasteiger partial charge in [-0.05, 0) is 35.9 Å². The van der Waals surface area contributed by atoms with E-state index in [-0.39, 0.29) is 5.91 Å². The number of halogens is 1. The summed E-state index contributed by atoms with van der Waals surface area (Å²) in [6.45, 7) is 0.393. The van der Waals surface area contributed by atoms with Crippen LogP contribution in [0, 0.1) is 0 Å². The van der Waals surface area contributed by atoms with Crippen molar-refractivity contribution >= 4 is 34.5 Å². The van der Waals surface area contributed by atoms with Gasteiger partial charge in [-0.25, -0.2) is 0 Å². The number of benzene rings is 2. The van der Waals surface area contributed by atoms with Crippen molar-refractivity contribution in [3.05, 3.63) is 70.9 Å². The van der Waals surface area contributed by atoms with Crippen LogP contribution in [0.2, 0.25) is 5.02 Å². The average Bonchev–Trinajstić information content (AvgIpc) is 3.01. The third kappa shape index (κ3) is 3.60. The molecule has 1 aromatic heterocycles. The van der Waals surface area contributed by atoms with Crippen LogP contribution in [0.15, 0.2) is 54.7 Å². The number of ether oxygens (including phenoxy) is 1. The lowest BCUT2D eigenvalue weighted by Crippen LogP contribution is -2.20. The maximum Gasteiger partial charge on any atom is 0.244 e. The first kappa shape index (κ1) is 16.1. The van der Waals surface area contributed by atoms with Crippen molar-refractivity contribution in [2.75, 3.05) is 7.11 Å². The maximum atomic E-state index is 12.0. The topological polar surface area (TPSA) is 54.1 Å². The van der Waals surface area contributed by atoms with Gasteiger partial charge in [0.05, 0.1) is 7.11 Å². The van der Waals surface area contributed by atoms with E-state index in [1.807, 2.05) is 42.6 Å². The summed E-state index contributed by atoms with van der Waals surface area (Å²) in [4.78, 5) is 15.2. The van der Waals surface area contributed by atoms with Crippen LogP contribution < -0.4 is 10.1 Å². The summed E-state index contributed by atoms with van der Waals surface area (Å²) in [5, 5.41) is 4.48. The molecule has 5 heteroatoms. The van der Waals surface area contributed by atoms with Gasteiger partial charge in [-0.2, -0.15) is 0 Å². The summed E-state index contributed by atoms with van der Waals surface area (Å²) in [6.07, 6.45) is 5.15. The monoisotopic (exact) mass is 340 g/mol. The molecule has 0 aliphatic heterocycles. The number of carbonyl (C=O) groups excluding carboxylic acids is 1. The maximum absolute atomic E-state index is 12.0. The molecule has 0 atom stereocenters. The smallest absolute Gasteiger partial charge is 0.244 e. The summed E-state index contributed by atoms with van der Waals surface area (Å²) in [7, 11) is 1.63. The summed E-state index contributed by atoms with van der Waals surface area (Å²) in [6, 6.07) is 13.2. The normalized spacial score (nSPS) is 11.1. The van der Waals surface area contributed by atoms with Crippen molar-refractivity contribution in [2.45, 2.75) is 6.54 Å². The zero-order valence-electron chi connectivity index (χ0n) is 13.2. The average molecular weight is 341 g/mol. The minimum atomic E-state index is -0.174. The van der Waals surface area contributed by atoms with Crippen LogP contribution >= 0.6 is 11.6 Å². The van der Waals surface area contributed by atoms with E-state index in [0.717, 1.165) is 27.8 Å². The highest BCUT2D eigenvalue weighted by molar-refractivity contribution is 6.31. The largest absolute Gasteiger partial charge is 0.497 e. The van der Waals surface area contributed by atoms with Crippen molar-refractivity contribution in [2.24, 2.45) is 0 Å². The molecule has 3 aromatic rings. The molecule has 0 saturated carbocycles. The molecular weight excluding hydrogens is 324 g/mol. The van der Waals surface area contributed by atoms with Gasteiger partial charge in [0.15, 0.2) is 0 Å². The van der Waals surface area contributed by atoms with E-state index in [1.54, 1.807) is 19.3 Å². The molecule has 2 aromatic carbocycles. The Balaban J connectivity index is 1.69. The molecule has 3 rings (SSSR count). The van der Waals surface area contributed by atoms with Crippen molar-refractivity contribution in [3.63, 3.8) is 0 Å². The number of rotatable bonds is 5. The second kappa shape index (κ2) is 7.23. The molecule has 1 heterocycles. The minimum absolute atomic E-state index is 0.174. The molecule has 0 aliphatic rings. The van der Waals surface area contributed by atoms with Crippen molar-refractivity contribution in [1.29, 1.82) is 0 Å². The number of aromatic nitrogens is 1. The zero-order valence-corrected chi connectivity index (χ0v) is 13.9. The van der Waals surface area contributed by atoms with Crippen LogP contribution in [-0.4, -0.2) is 18.0 Å². The van der Waals surface area contributed by atoms with Crippen molar-refractivity contribution in [3.8, 4) is 5.75 Å². The second-order valence-corrected chi connectivity index (χ2v) is 5.71. The van der Waals surface area contributed by atoms with E-state index in [1.165, 1.54) is 6.08 Å². The van der Waals surface area contributed by atoms with E-state index in [2.05, 4.69) is 10.3 Å². The van der Waals surface area contributed by atoms with E-state index >= 15 is 0 Å². The molecule has 0 bridgehead atoms. The Morgan fingerprint density at radius 2 is 2.12 bits per heavy atom. The number of nitrogens with one attached hydrogen (secondary N) is 2. The van der Waals surface area contributed by atoms with Crippen LogP contribution in [0.1, 0.15) is 11.1 Å². The summed E-state index contributed by atoms with van der Waals surface area (Å²) in [5.74, 6) is 0.604. The molecule has 0 aliphatic carbocycles. The highest BCUT2D eigenvalue weighted by atomic mass is 35.5. The minimum Gasteiger partial charge on any atom is -0.497 e. The first-order valence-electron chi connectivity index (χ1n) is 7.52. The SMILES string of the molecule is COc1ccc2[nH]cc(/C=C/C(=O)NCc3ccccc3Cl)c2c1. The number of H-pyrrole nitrogens is 1. The standard InChI is InChI=1S/C19H17ClN2O2/c1-24-15-7-8-18-16(10-15)13(11-21-18)6-9-19(23)22-12-14-4-2-3-5-17(14)20/h2-11,21H,12H2,1H3,(H,22,23)/b9-6+. The fourth-order valence-electron chi connectivity index (χ4n) is 2.43. The molecule has 0 radical (unpaired) electrons. The lowest BCUT2D eigenvalue weighted by Gasteiger charge is -2.04. The van der Waals surface area contributed by atoms with Crippen molar-refractivity contribution in [1.82, 2.24) is 10.3 Å². The number of hydrogen-bond acceptors (Lipinski definition) is 2. The molecule has 2 N–H and O–H groups in total. The Hall–Kier alpha value is -2.72. The van der Waals surface area contributed by atoms with E-state index < -0.39 is 0 Å². The van der Waals surface area contributed by atoms with Gasteiger partial charge in [0.1, 0.15) is 5.75 Å². The fourth-order valence-corrected chi connectivity index (χ4v) is 2.64. The predicted octanol–water partition coefficient (Wildman–Crippen LogP) is 4.16. The quantitative estimate of drug-likeness (QED) is 0.685. The van der Waals surface area contributed by atoms with Gasteiger partial charge < -0.3 is 15.0 Å². The van der Waals surface area contributed by atoms with Gasteiger partial charge in [-0.1, -0.05) is 29.8 Å². The Morgan fingerprint density at radius 3 is 2.92 bits per heavy atom. The number of fused-ring (bicyclic) bond motifs is 1. The Labute approximate surface area is 145 Å². The summed E-state index contributed by atoms with van der Waals surface area (Å²) in [5.41, 5.74) is 2.81. The molecule has 4 nitrogen and oxygen atoms in total. The number of amides is 1. The number of methoxy groups -OCH3 is 1. The van der Waals surface area contributed by atoms with Gasteiger partial charge in [0.2, 0.25) is 5.91 Å². The first-order chi connectivity index (χ1) is 11.7. The Bertz CT molecular complexity index is 899. The number of hydrogen-bond donors (Lipinski definition) is 2. The molecular formula is C19H17ClN2O2. The molecule has 24 heavy (non-hydrogen) atoms. The van der Waals surface area contributed by atoms with Crippen LogP contribution in [0.4, 0.5) is 0 Å². The van der Waals surface area contributed by atoms with E-state index in [9.17, 15) is 4.79 Å². The Kier molecular flexibility index (Phi) is 4.87. The predicted molar refractivity (Wildman–Crippen MR) is 97.2 cm³/mol. The van der Waals surface area contributed by atoms with Crippen LogP contribution in [0.25, 0.3) is 17.0 Å². The number of carbonyl (C=O) groups is 1. The molecule has 0 spiro atoms. The highest BCUT2D eigenvalue weighted by Crippen LogP contribution is 2.24. The molecule has 0 saturated heterocycles. The van der Waals surface area contributed by atoms with Gasteiger partial charge >= 0.3 is 0 Å². The van der Waals surface area contributed by atoms with Gasteiger partial charge in [0.25, 0.3) is 0 Å². The lowest BCUT2D eigenvalue weighted by molar-refractivity contribution is -0.116. The lowest BCUT2D eigenvalue weighted by atomic mass is 10.1. The number of aromatic amines is 1. The van der Waals surface area contributed by atoms with Crippen LogP contribution in [0.5, 0.6) is 5.75 Å². The zero-order chi connectivity index (χ0) is 16.9. The Morgan fingerprint density at radius 1 is 1.29 bits per heavy atom. The third-order valence-electron chi connectivity index (χ3n) is 3.75. The van der Waals surface area contributed by atoms with E-state index in [4.69, 9.17) is 16.3 Å².